The van der Waals surface area contributed by atoms with Gasteiger partial charge in [-0.1, -0.05) is 35.3 Å². The Balaban J connectivity index is 1.62. The monoisotopic (exact) mass is 667 g/mol. The average molecular weight is 668 g/mol. The molecule has 17 heteroatoms. The van der Waals surface area contributed by atoms with Crippen molar-refractivity contribution < 1.29 is 28.3 Å². The minimum absolute atomic E-state index is 0.0220. The fourth-order valence-corrected chi connectivity index (χ4v) is 4.46. The molecule has 4 rings (SSSR count). The maximum atomic E-state index is 13.2. The van der Waals surface area contributed by atoms with Gasteiger partial charge < -0.3 is 24.2 Å². The van der Waals surface area contributed by atoms with Crippen molar-refractivity contribution in [1.29, 1.82) is 0 Å². The van der Waals surface area contributed by atoms with Crippen molar-refractivity contribution in [3.63, 3.8) is 0 Å². The SMILES string of the molecule is C=N/N=C\N(N)c1ccc(Cl)cc1/C=C/C(=O)NC(Cc1nc(C(=O)OC)co1)c1nc(-c2ccc(NC(=O)OC)cc2)c(Cl)[nH]1. The number of H-pyrrole nitrogens is 1. The van der Waals surface area contributed by atoms with Crippen molar-refractivity contribution in [2.45, 2.75) is 12.5 Å². The van der Waals surface area contributed by atoms with Gasteiger partial charge in [-0.15, -0.1) is 5.10 Å². The molecule has 0 saturated carbocycles. The number of methoxy groups -OCH3 is 2. The number of halogens is 2. The maximum Gasteiger partial charge on any atom is 0.411 e. The van der Waals surface area contributed by atoms with E-state index in [4.69, 9.17) is 38.2 Å². The van der Waals surface area contributed by atoms with E-state index in [0.717, 1.165) is 6.26 Å². The van der Waals surface area contributed by atoms with E-state index in [9.17, 15) is 14.4 Å². The summed E-state index contributed by atoms with van der Waals surface area (Å²) < 4.78 is 14.8. The standard InChI is InChI=1S/C29H27Cl2N9O6/c1-33-34-15-40(32)22-10-7-18(30)12-17(22)6-11-23(41)36-20(13-24-37-21(14-46-24)28(42)44-2)27-38-25(26(31)39-27)16-4-8-19(9-5-16)35-29(43)45-3/h4-12,14-15,20H,1,13,32H2,2-3H3,(H,35,43)(H,36,41)(H,38,39)/b11-6+,34-15-. The van der Waals surface area contributed by atoms with Crippen LogP contribution in [0.5, 0.6) is 0 Å². The highest BCUT2D eigenvalue weighted by molar-refractivity contribution is 6.32. The quantitative estimate of drug-likeness (QED) is 0.0407. The van der Waals surface area contributed by atoms with Gasteiger partial charge in [0.05, 0.1) is 32.4 Å². The summed E-state index contributed by atoms with van der Waals surface area (Å²) in [6.45, 7) is 3.27. The van der Waals surface area contributed by atoms with Crippen LogP contribution in [-0.4, -0.2) is 60.2 Å². The van der Waals surface area contributed by atoms with Gasteiger partial charge in [0.15, 0.2) is 11.6 Å². The largest absolute Gasteiger partial charge is 0.464 e. The lowest BCUT2D eigenvalue weighted by atomic mass is 10.1. The number of aromatic nitrogens is 3. The van der Waals surface area contributed by atoms with E-state index in [1.807, 2.05) is 0 Å². The number of nitrogens with two attached hydrogens (primary N) is 1. The third-order valence-corrected chi connectivity index (χ3v) is 6.69. The van der Waals surface area contributed by atoms with Crippen LogP contribution in [0.15, 0.2) is 69.4 Å². The molecule has 15 nitrogen and oxygen atoms in total. The van der Waals surface area contributed by atoms with Crippen LogP contribution in [0.2, 0.25) is 10.2 Å². The molecular formula is C29H27Cl2N9O6. The van der Waals surface area contributed by atoms with Crippen molar-refractivity contribution in [2.75, 3.05) is 24.5 Å². The number of imidazole rings is 1. The number of hydrogen-bond donors (Lipinski definition) is 4. The van der Waals surface area contributed by atoms with Gasteiger partial charge in [0.1, 0.15) is 29.3 Å². The van der Waals surface area contributed by atoms with E-state index >= 15 is 0 Å². The summed E-state index contributed by atoms with van der Waals surface area (Å²) >= 11 is 12.7. The van der Waals surface area contributed by atoms with E-state index in [-0.39, 0.29) is 29.0 Å². The summed E-state index contributed by atoms with van der Waals surface area (Å²) in [5.41, 5.74) is 2.42. The minimum atomic E-state index is -0.858. The van der Waals surface area contributed by atoms with Crippen LogP contribution in [-0.2, 0) is 20.7 Å². The Bertz CT molecular complexity index is 1790. The third-order valence-electron chi connectivity index (χ3n) is 6.18. The smallest absolute Gasteiger partial charge is 0.411 e. The molecule has 0 radical (unpaired) electrons. The topological polar surface area (TPSA) is 202 Å². The van der Waals surface area contributed by atoms with Crippen molar-refractivity contribution >= 4 is 71.7 Å². The predicted molar refractivity (Wildman–Crippen MR) is 173 cm³/mol. The van der Waals surface area contributed by atoms with Crippen LogP contribution >= 0.6 is 23.2 Å². The fourth-order valence-electron chi connectivity index (χ4n) is 4.03. The average Bonchev–Trinajstić information content (AvgIpc) is 3.69. The molecular weight excluding hydrogens is 641 g/mol. The second-order valence-electron chi connectivity index (χ2n) is 9.18. The number of hydrogen-bond acceptors (Lipinski definition) is 11. The van der Waals surface area contributed by atoms with E-state index in [0.29, 0.717) is 33.2 Å². The summed E-state index contributed by atoms with van der Waals surface area (Å²) in [6.07, 6.45) is 4.53. The number of carbonyl (C=O) groups is 3. The van der Waals surface area contributed by atoms with Crippen LogP contribution < -0.4 is 21.5 Å². The number of rotatable bonds is 12. The van der Waals surface area contributed by atoms with Gasteiger partial charge in [-0.25, -0.2) is 25.4 Å². The summed E-state index contributed by atoms with van der Waals surface area (Å²) in [6, 6.07) is 10.7. The number of carbonyl (C=O) groups excluding carboxylic acids is 3. The molecule has 0 aliphatic carbocycles. The second-order valence-corrected chi connectivity index (χ2v) is 9.99. The van der Waals surface area contributed by atoms with E-state index in [1.165, 1.54) is 37.7 Å². The molecule has 2 amide bonds. The van der Waals surface area contributed by atoms with Crippen LogP contribution in [0.25, 0.3) is 17.3 Å². The molecule has 0 aliphatic heterocycles. The first-order valence-electron chi connectivity index (χ1n) is 13.2. The zero-order valence-corrected chi connectivity index (χ0v) is 25.9. The van der Waals surface area contributed by atoms with Crippen molar-refractivity contribution in [2.24, 2.45) is 16.0 Å². The molecule has 46 heavy (non-hydrogen) atoms. The lowest BCUT2D eigenvalue weighted by Crippen LogP contribution is -2.30. The normalized spacial score (nSPS) is 11.8. The summed E-state index contributed by atoms with van der Waals surface area (Å²) in [4.78, 5) is 48.4. The van der Waals surface area contributed by atoms with Gasteiger partial charge in [0, 0.05) is 34.6 Å². The summed E-state index contributed by atoms with van der Waals surface area (Å²) in [5, 5.41) is 14.2. The molecule has 238 valence electrons. The lowest BCUT2D eigenvalue weighted by Gasteiger charge is -2.16. The molecule has 2 aromatic carbocycles. The number of hydrazine groups is 1. The number of ether oxygens (including phenoxy) is 2. The Hall–Kier alpha value is -5.51. The Labute approximate surface area is 272 Å². The maximum absolute atomic E-state index is 13.2. The molecule has 1 unspecified atom stereocenters. The summed E-state index contributed by atoms with van der Waals surface area (Å²) in [5.74, 6) is 5.20. The molecule has 0 bridgehead atoms. The molecule has 2 heterocycles. The first-order valence-corrected chi connectivity index (χ1v) is 13.9. The molecule has 5 N–H and O–H groups in total. The Kier molecular flexibility index (Phi) is 11.2. The number of esters is 1. The van der Waals surface area contributed by atoms with Crippen molar-refractivity contribution in [3.8, 4) is 11.3 Å². The molecule has 0 spiro atoms. The predicted octanol–water partition coefficient (Wildman–Crippen LogP) is 4.77. The van der Waals surface area contributed by atoms with Gasteiger partial charge in [0.2, 0.25) is 5.91 Å². The van der Waals surface area contributed by atoms with Gasteiger partial charge in [-0.05, 0) is 36.4 Å². The lowest BCUT2D eigenvalue weighted by molar-refractivity contribution is -0.117. The highest BCUT2D eigenvalue weighted by Crippen LogP contribution is 2.30. The minimum Gasteiger partial charge on any atom is -0.464 e. The third kappa shape index (κ3) is 8.56. The highest BCUT2D eigenvalue weighted by atomic mass is 35.5. The van der Waals surface area contributed by atoms with E-state index in [1.54, 1.807) is 42.5 Å². The first kappa shape index (κ1) is 33.4. The zero-order valence-electron chi connectivity index (χ0n) is 24.4. The Morgan fingerprint density at radius 3 is 2.61 bits per heavy atom. The fraction of sp³-hybridized carbons (Fsp3) is 0.138. The number of benzene rings is 2. The Morgan fingerprint density at radius 2 is 1.91 bits per heavy atom. The van der Waals surface area contributed by atoms with Gasteiger partial charge >= 0.3 is 12.1 Å². The molecule has 0 saturated heterocycles. The molecule has 2 aromatic heterocycles. The van der Waals surface area contributed by atoms with Crippen LogP contribution in [0.4, 0.5) is 16.2 Å². The van der Waals surface area contributed by atoms with Crippen LogP contribution in [0, 0.1) is 0 Å². The number of nitrogens with one attached hydrogen (secondary N) is 3. The highest BCUT2D eigenvalue weighted by Gasteiger charge is 2.24. The van der Waals surface area contributed by atoms with Crippen LogP contribution in [0.3, 0.4) is 0 Å². The molecule has 4 aromatic rings. The number of oxazole rings is 1. The molecule has 0 fully saturated rings. The molecule has 1 atom stereocenters. The first-order chi connectivity index (χ1) is 22.1. The number of nitrogens with zero attached hydrogens (tertiary/aromatic N) is 5. The zero-order chi connectivity index (χ0) is 33.2. The van der Waals surface area contributed by atoms with Crippen LogP contribution in [0.1, 0.15) is 33.8 Å². The van der Waals surface area contributed by atoms with Gasteiger partial charge in [0.25, 0.3) is 0 Å². The molecule has 0 aliphatic rings. The van der Waals surface area contributed by atoms with E-state index < -0.39 is 24.0 Å². The van der Waals surface area contributed by atoms with Gasteiger partial charge in [-0.3, -0.25) is 15.1 Å². The summed E-state index contributed by atoms with van der Waals surface area (Å²) in [7, 11) is 2.48. The number of aromatic amines is 1. The number of amides is 2. The van der Waals surface area contributed by atoms with Crippen molar-refractivity contribution in [1.82, 2.24) is 20.3 Å². The van der Waals surface area contributed by atoms with Gasteiger partial charge in [-0.2, -0.15) is 5.10 Å². The Morgan fingerprint density at radius 1 is 1.15 bits per heavy atom. The van der Waals surface area contributed by atoms with Crippen molar-refractivity contribution in [3.05, 3.63) is 88.0 Å². The van der Waals surface area contributed by atoms with E-state index in [2.05, 4.69) is 47.2 Å². The number of anilines is 2. The second kappa shape index (κ2) is 15.5.